The number of aryl methyl sites for hydroxylation is 3. The molecule has 5 nitrogen and oxygen atoms in total. The largest absolute Gasteiger partial charge is 0.400 e. The summed E-state index contributed by atoms with van der Waals surface area (Å²) >= 11 is 6.00. The lowest BCUT2D eigenvalue weighted by Gasteiger charge is -2.18. The van der Waals surface area contributed by atoms with Crippen molar-refractivity contribution in [3.05, 3.63) is 75.7 Å². The Morgan fingerprint density at radius 1 is 1.03 bits per heavy atom. The first-order valence-electron chi connectivity index (χ1n) is 12.1. The maximum Gasteiger partial charge on any atom is 0.253 e. The number of halogens is 1. The topological polar surface area (TPSA) is 69.2 Å². The van der Waals surface area contributed by atoms with E-state index in [0.717, 1.165) is 65.5 Å². The summed E-state index contributed by atoms with van der Waals surface area (Å²) in [5, 5.41) is 7.74. The molecule has 1 saturated heterocycles. The van der Waals surface area contributed by atoms with E-state index in [1.807, 2.05) is 76.8 Å². The molecule has 1 atom stereocenters. The number of carbonyl (C=O) groups excluding carboxylic acids is 1. The fraction of sp³-hybridized carbons (Fsp3) is 0.429. The number of hydrogen-bond donors (Lipinski definition) is 2. The Labute approximate surface area is 210 Å². The molecule has 2 aromatic carbocycles. The number of carbonyl (C=O) groups is 1. The summed E-state index contributed by atoms with van der Waals surface area (Å²) in [5.41, 5.74) is 6.04. The maximum atomic E-state index is 13.1. The predicted octanol–water partition coefficient (Wildman–Crippen LogP) is 6.95. The Bertz CT molecular complexity index is 1030. The van der Waals surface area contributed by atoms with Crippen molar-refractivity contribution in [2.24, 2.45) is 0 Å². The minimum Gasteiger partial charge on any atom is -0.400 e. The Balaban J connectivity index is 0.000000894. The first-order valence-corrected chi connectivity index (χ1v) is 12.4. The minimum atomic E-state index is 0.0858. The average Bonchev–Trinajstić information content (AvgIpc) is 3.49. The van der Waals surface area contributed by atoms with Crippen molar-refractivity contribution in [3.8, 4) is 11.3 Å². The van der Waals surface area contributed by atoms with Crippen molar-refractivity contribution < 1.29 is 9.90 Å². The first kappa shape index (κ1) is 29.4. The number of nitrogens with one attached hydrogen (secondary N) is 1. The molecule has 0 bridgehead atoms. The molecule has 1 aliphatic heterocycles. The van der Waals surface area contributed by atoms with Gasteiger partial charge in [-0.25, -0.2) is 4.98 Å². The van der Waals surface area contributed by atoms with E-state index < -0.39 is 0 Å². The van der Waals surface area contributed by atoms with Crippen LogP contribution in [0.2, 0.25) is 5.02 Å². The zero-order chi connectivity index (χ0) is 25.8. The van der Waals surface area contributed by atoms with Gasteiger partial charge in [-0.1, -0.05) is 57.5 Å². The standard InChI is InChI=1S/C23H24ClN3O.2C2H6.CH4O/c1-14-4-5-18(12-21(14)22-15(2)25-16(3)26-22)23(28)27-11-10-19(13-27)17-6-8-20(24)9-7-17;3*1-2/h4-9,12,19H,10-11,13H2,1-3H3,(H,25,26);2*1-2H3;2H,1H3. The third-order valence-corrected chi connectivity index (χ3v) is 5.81. The van der Waals surface area contributed by atoms with Gasteiger partial charge in [0.2, 0.25) is 0 Å². The molecule has 0 spiro atoms. The highest BCUT2D eigenvalue weighted by molar-refractivity contribution is 6.30. The van der Waals surface area contributed by atoms with Gasteiger partial charge in [-0.3, -0.25) is 4.79 Å². The van der Waals surface area contributed by atoms with Crippen molar-refractivity contribution in [2.75, 3.05) is 20.2 Å². The predicted molar refractivity (Wildman–Crippen MR) is 144 cm³/mol. The third-order valence-electron chi connectivity index (χ3n) is 5.56. The van der Waals surface area contributed by atoms with Gasteiger partial charge < -0.3 is 15.0 Å². The molecule has 1 unspecified atom stereocenters. The number of hydrogen-bond acceptors (Lipinski definition) is 3. The van der Waals surface area contributed by atoms with Crippen LogP contribution in [0.15, 0.2) is 42.5 Å². The normalized spacial score (nSPS) is 14.2. The average molecular weight is 486 g/mol. The molecular weight excluding hydrogens is 446 g/mol. The van der Waals surface area contributed by atoms with Crippen LogP contribution in [-0.2, 0) is 0 Å². The number of nitrogens with zero attached hydrogens (tertiary/aromatic N) is 2. The highest BCUT2D eigenvalue weighted by Gasteiger charge is 2.28. The SMILES string of the molecule is CC.CC.CO.Cc1nc(-c2cc(C(=O)N3CCC(c4ccc(Cl)cc4)C3)ccc2C)c(C)[nH]1. The number of amides is 1. The van der Waals surface area contributed by atoms with E-state index in [4.69, 9.17) is 16.7 Å². The molecule has 34 heavy (non-hydrogen) atoms. The van der Waals surface area contributed by atoms with Crippen LogP contribution in [0, 0.1) is 20.8 Å². The number of rotatable bonds is 3. The quantitative estimate of drug-likeness (QED) is 0.421. The number of benzene rings is 2. The number of aliphatic hydroxyl groups excluding tert-OH is 1. The lowest BCUT2D eigenvalue weighted by atomic mass is 9.98. The molecule has 1 fully saturated rings. The van der Waals surface area contributed by atoms with E-state index in [1.165, 1.54) is 5.56 Å². The maximum absolute atomic E-state index is 13.1. The molecular formula is C28H40ClN3O2. The number of aliphatic hydroxyl groups is 1. The second kappa shape index (κ2) is 14.6. The fourth-order valence-corrected chi connectivity index (χ4v) is 4.14. The molecule has 0 aliphatic carbocycles. The van der Waals surface area contributed by atoms with Crippen LogP contribution < -0.4 is 0 Å². The van der Waals surface area contributed by atoms with Crippen molar-refractivity contribution in [1.82, 2.24) is 14.9 Å². The van der Waals surface area contributed by atoms with Gasteiger partial charge in [-0.15, -0.1) is 0 Å². The molecule has 2 N–H and O–H groups in total. The van der Waals surface area contributed by atoms with Crippen molar-refractivity contribution in [1.29, 1.82) is 0 Å². The highest BCUT2D eigenvalue weighted by atomic mass is 35.5. The Kier molecular flexibility index (Phi) is 12.6. The van der Waals surface area contributed by atoms with E-state index in [9.17, 15) is 4.79 Å². The van der Waals surface area contributed by atoms with Crippen molar-refractivity contribution in [2.45, 2.75) is 60.8 Å². The molecule has 0 saturated carbocycles. The minimum absolute atomic E-state index is 0.0858. The summed E-state index contributed by atoms with van der Waals surface area (Å²) < 4.78 is 0. The summed E-state index contributed by atoms with van der Waals surface area (Å²) in [6, 6.07) is 13.9. The smallest absolute Gasteiger partial charge is 0.253 e. The van der Waals surface area contributed by atoms with Crippen LogP contribution >= 0.6 is 11.6 Å². The summed E-state index contributed by atoms with van der Waals surface area (Å²) in [4.78, 5) is 23.0. The molecule has 0 radical (unpaired) electrons. The second-order valence-electron chi connectivity index (χ2n) is 7.61. The molecule has 2 heterocycles. The summed E-state index contributed by atoms with van der Waals surface area (Å²) in [6.45, 7) is 15.5. The van der Waals surface area contributed by atoms with Crippen LogP contribution in [-0.4, -0.2) is 46.1 Å². The summed E-state index contributed by atoms with van der Waals surface area (Å²) in [5.74, 6) is 1.33. The van der Waals surface area contributed by atoms with Gasteiger partial charge in [0.15, 0.2) is 0 Å². The zero-order valence-electron chi connectivity index (χ0n) is 21.9. The molecule has 6 heteroatoms. The molecule has 3 aromatic rings. The number of imidazole rings is 1. The molecule has 4 rings (SSSR count). The molecule has 1 aliphatic rings. The van der Waals surface area contributed by atoms with Gasteiger partial charge in [0.05, 0.1) is 5.69 Å². The van der Waals surface area contributed by atoms with Gasteiger partial charge in [0, 0.05) is 48.0 Å². The summed E-state index contributed by atoms with van der Waals surface area (Å²) in [7, 11) is 1.00. The summed E-state index contributed by atoms with van der Waals surface area (Å²) in [6.07, 6.45) is 0.976. The third kappa shape index (κ3) is 7.18. The fourth-order valence-electron chi connectivity index (χ4n) is 4.02. The van der Waals surface area contributed by atoms with Gasteiger partial charge in [0.25, 0.3) is 5.91 Å². The Hall–Kier alpha value is -2.63. The molecule has 186 valence electrons. The van der Waals surface area contributed by atoms with Gasteiger partial charge in [-0.05, 0) is 62.6 Å². The van der Waals surface area contributed by atoms with Gasteiger partial charge in [0.1, 0.15) is 5.82 Å². The lowest BCUT2D eigenvalue weighted by molar-refractivity contribution is 0.0791. The second-order valence-corrected chi connectivity index (χ2v) is 8.05. The number of likely N-dealkylation sites (tertiary alicyclic amines) is 1. The van der Waals surface area contributed by atoms with Crippen molar-refractivity contribution in [3.63, 3.8) is 0 Å². The monoisotopic (exact) mass is 485 g/mol. The number of H-pyrrole nitrogens is 1. The Morgan fingerprint density at radius 3 is 2.21 bits per heavy atom. The van der Waals surface area contributed by atoms with Crippen LogP contribution in [0.3, 0.4) is 0 Å². The van der Waals surface area contributed by atoms with E-state index >= 15 is 0 Å². The zero-order valence-corrected chi connectivity index (χ0v) is 22.6. The van der Waals surface area contributed by atoms with E-state index in [1.54, 1.807) is 0 Å². The highest BCUT2D eigenvalue weighted by Crippen LogP contribution is 2.31. The van der Waals surface area contributed by atoms with E-state index in [-0.39, 0.29) is 5.91 Å². The number of aromatic nitrogens is 2. The van der Waals surface area contributed by atoms with E-state index in [2.05, 4.69) is 29.0 Å². The van der Waals surface area contributed by atoms with Crippen LogP contribution in [0.4, 0.5) is 0 Å². The Morgan fingerprint density at radius 2 is 1.65 bits per heavy atom. The molecule has 1 amide bonds. The van der Waals surface area contributed by atoms with E-state index in [0.29, 0.717) is 5.92 Å². The van der Waals surface area contributed by atoms with Crippen LogP contribution in [0.25, 0.3) is 11.3 Å². The first-order chi connectivity index (χ1) is 16.4. The van der Waals surface area contributed by atoms with Crippen LogP contribution in [0.5, 0.6) is 0 Å². The number of aromatic amines is 1. The van der Waals surface area contributed by atoms with Gasteiger partial charge in [-0.2, -0.15) is 0 Å². The molecule has 1 aromatic heterocycles. The van der Waals surface area contributed by atoms with Crippen LogP contribution in [0.1, 0.15) is 73.0 Å². The van der Waals surface area contributed by atoms with Crippen molar-refractivity contribution >= 4 is 17.5 Å². The van der Waals surface area contributed by atoms with Gasteiger partial charge >= 0.3 is 0 Å². The lowest BCUT2D eigenvalue weighted by Crippen LogP contribution is -2.28.